The van der Waals surface area contributed by atoms with E-state index in [-0.39, 0.29) is 47.4 Å². The number of esters is 1. The number of fused-ring (bicyclic) bond motifs is 2. The van der Waals surface area contributed by atoms with Gasteiger partial charge in [-0.05, 0) is 53.2 Å². The van der Waals surface area contributed by atoms with E-state index in [0.29, 0.717) is 15.7 Å². The van der Waals surface area contributed by atoms with Crippen LogP contribution in [0, 0.1) is 0 Å². The Morgan fingerprint density at radius 1 is 1.12 bits per heavy atom. The number of nitrogens with zero attached hydrogens (tertiary/aromatic N) is 4. The van der Waals surface area contributed by atoms with Crippen molar-refractivity contribution in [1.29, 1.82) is 0 Å². The summed E-state index contributed by atoms with van der Waals surface area (Å²) >= 11 is 3.36. The third kappa shape index (κ3) is 4.42. The van der Waals surface area contributed by atoms with Crippen LogP contribution in [0.25, 0.3) is 16.7 Å². The molecule has 4 rings (SSSR count). The van der Waals surface area contributed by atoms with Crippen LogP contribution in [-0.2, 0) is 16.0 Å². The molecular formula is C24H21BrN4O5. The fourth-order valence-electron chi connectivity index (χ4n) is 3.54. The number of aromatic nitrogens is 3. The van der Waals surface area contributed by atoms with Gasteiger partial charge in [0, 0.05) is 24.3 Å². The first-order valence-corrected chi connectivity index (χ1v) is 11.3. The van der Waals surface area contributed by atoms with Crippen molar-refractivity contribution in [2.75, 3.05) is 20.3 Å². The molecule has 0 N–H and O–H groups in total. The van der Waals surface area contributed by atoms with Crippen molar-refractivity contribution in [2.45, 2.75) is 13.5 Å². The lowest BCUT2D eigenvalue weighted by molar-refractivity contribution is 0.0523. The summed E-state index contributed by atoms with van der Waals surface area (Å²) < 4.78 is 14.0. The summed E-state index contributed by atoms with van der Waals surface area (Å²) in [6.45, 7) is 2.21. The molecule has 1 amide bonds. The van der Waals surface area contributed by atoms with Gasteiger partial charge in [-0.2, -0.15) is 4.99 Å². The molecule has 0 aliphatic rings. The number of carbonyl (C=O) groups is 2. The molecule has 0 atom stereocenters. The minimum Gasteiger partial charge on any atom is -0.462 e. The normalized spacial score (nSPS) is 11.8. The summed E-state index contributed by atoms with van der Waals surface area (Å²) in [5, 5.41) is 0.190. The lowest BCUT2D eigenvalue weighted by atomic mass is 10.2. The van der Waals surface area contributed by atoms with E-state index in [0.717, 1.165) is 0 Å². The lowest BCUT2D eigenvalue weighted by Gasteiger charge is -2.15. The maximum Gasteiger partial charge on any atom is 0.341 e. The Kier molecular flexibility index (Phi) is 6.99. The molecule has 9 nitrogen and oxygen atoms in total. The Morgan fingerprint density at radius 2 is 1.88 bits per heavy atom. The van der Waals surface area contributed by atoms with Gasteiger partial charge in [0.2, 0.25) is 0 Å². The fourth-order valence-corrected chi connectivity index (χ4v) is 4.00. The maximum absolute atomic E-state index is 13.3. The summed E-state index contributed by atoms with van der Waals surface area (Å²) in [5.41, 5.74) is 0.679. The van der Waals surface area contributed by atoms with Crippen molar-refractivity contribution in [3.05, 3.63) is 86.2 Å². The highest BCUT2D eigenvalue weighted by Crippen LogP contribution is 2.17. The largest absolute Gasteiger partial charge is 0.462 e. The minimum absolute atomic E-state index is 0.0133. The second-order valence-electron chi connectivity index (χ2n) is 7.23. The number of amides is 1. The van der Waals surface area contributed by atoms with Gasteiger partial charge in [-0.1, -0.05) is 18.2 Å². The smallest absolute Gasteiger partial charge is 0.341 e. The van der Waals surface area contributed by atoms with E-state index < -0.39 is 11.9 Å². The van der Waals surface area contributed by atoms with Crippen molar-refractivity contribution in [3.63, 3.8) is 0 Å². The van der Waals surface area contributed by atoms with E-state index in [2.05, 4.69) is 25.9 Å². The van der Waals surface area contributed by atoms with Crippen LogP contribution in [0.3, 0.4) is 0 Å². The molecule has 0 radical (unpaired) electrons. The highest BCUT2D eigenvalue weighted by molar-refractivity contribution is 9.10. The van der Waals surface area contributed by atoms with E-state index in [1.54, 1.807) is 60.2 Å². The SMILES string of the molecule is CCOC(=O)c1cc2c(=O)n3ccccc3nc2n(CCOC)c1=NC(=O)c1ccccc1Br. The zero-order valence-corrected chi connectivity index (χ0v) is 20.1. The van der Waals surface area contributed by atoms with Crippen molar-refractivity contribution in [2.24, 2.45) is 4.99 Å². The maximum atomic E-state index is 13.3. The predicted molar refractivity (Wildman–Crippen MR) is 129 cm³/mol. The molecule has 0 aliphatic heterocycles. The molecule has 3 aromatic heterocycles. The molecule has 3 heterocycles. The molecule has 0 saturated carbocycles. The highest BCUT2D eigenvalue weighted by atomic mass is 79.9. The molecule has 0 aliphatic carbocycles. The number of halogens is 1. The molecule has 0 spiro atoms. The van der Waals surface area contributed by atoms with Gasteiger partial charge in [0.05, 0.1) is 24.2 Å². The molecule has 0 unspecified atom stereocenters. The number of pyridine rings is 2. The van der Waals surface area contributed by atoms with Crippen LogP contribution in [0.15, 0.2) is 69.0 Å². The Bertz CT molecular complexity index is 1540. The van der Waals surface area contributed by atoms with Crippen LogP contribution in [0.1, 0.15) is 27.6 Å². The first-order valence-electron chi connectivity index (χ1n) is 10.5. The van der Waals surface area contributed by atoms with Gasteiger partial charge < -0.3 is 14.0 Å². The van der Waals surface area contributed by atoms with Crippen molar-refractivity contribution in [1.82, 2.24) is 14.0 Å². The number of rotatable bonds is 6. The van der Waals surface area contributed by atoms with Gasteiger partial charge >= 0.3 is 5.97 Å². The molecule has 34 heavy (non-hydrogen) atoms. The molecule has 0 fully saturated rings. The van der Waals surface area contributed by atoms with Crippen LogP contribution in [0.4, 0.5) is 0 Å². The Hall–Kier alpha value is -3.63. The zero-order chi connectivity index (χ0) is 24.2. The fraction of sp³-hybridized carbons (Fsp3) is 0.208. The van der Waals surface area contributed by atoms with Crippen LogP contribution >= 0.6 is 15.9 Å². The van der Waals surface area contributed by atoms with Crippen molar-refractivity contribution >= 4 is 44.5 Å². The van der Waals surface area contributed by atoms with Crippen LogP contribution < -0.4 is 11.0 Å². The number of carbonyl (C=O) groups excluding carboxylic acids is 2. The molecule has 0 saturated heterocycles. The lowest BCUT2D eigenvalue weighted by Crippen LogP contribution is -2.33. The quantitative estimate of drug-likeness (QED) is 0.283. The predicted octanol–water partition coefficient (Wildman–Crippen LogP) is 2.98. The number of hydrogen-bond acceptors (Lipinski definition) is 6. The number of methoxy groups -OCH3 is 1. The second-order valence-corrected chi connectivity index (χ2v) is 8.08. The van der Waals surface area contributed by atoms with E-state index in [9.17, 15) is 14.4 Å². The first kappa shape index (κ1) is 23.5. The van der Waals surface area contributed by atoms with Gasteiger partial charge in [-0.3, -0.25) is 14.0 Å². The summed E-state index contributed by atoms with van der Waals surface area (Å²) in [5.74, 6) is -1.27. The van der Waals surface area contributed by atoms with E-state index in [1.165, 1.54) is 17.6 Å². The van der Waals surface area contributed by atoms with Gasteiger partial charge in [-0.25, -0.2) is 9.78 Å². The summed E-state index contributed by atoms with van der Waals surface area (Å²) in [6, 6.07) is 13.4. The first-order chi connectivity index (χ1) is 16.5. The van der Waals surface area contributed by atoms with Crippen molar-refractivity contribution in [3.8, 4) is 0 Å². The van der Waals surface area contributed by atoms with Crippen LogP contribution in [-0.4, -0.2) is 46.2 Å². The average Bonchev–Trinajstić information content (AvgIpc) is 2.83. The monoisotopic (exact) mass is 524 g/mol. The Morgan fingerprint density at radius 3 is 2.62 bits per heavy atom. The number of hydrogen-bond donors (Lipinski definition) is 0. The number of ether oxygens (including phenoxy) is 2. The summed E-state index contributed by atoms with van der Waals surface area (Å²) in [7, 11) is 1.53. The molecule has 10 heteroatoms. The molecule has 0 bridgehead atoms. The molecule has 174 valence electrons. The topological polar surface area (TPSA) is 104 Å². The molecular weight excluding hydrogens is 504 g/mol. The van der Waals surface area contributed by atoms with E-state index >= 15 is 0 Å². The Balaban J connectivity index is 2.13. The standard InChI is InChI=1S/C24H21BrN4O5/c1-3-34-24(32)17-14-16-20(26-19-10-6-7-11-28(19)23(16)31)29(12-13-33-2)21(17)27-22(30)15-8-4-5-9-18(15)25/h4-11,14H,3,12-13H2,1-2H3. The van der Waals surface area contributed by atoms with E-state index in [1.807, 2.05) is 0 Å². The van der Waals surface area contributed by atoms with Crippen molar-refractivity contribution < 1.29 is 19.1 Å². The van der Waals surface area contributed by atoms with E-state index in [4.69, 9.17) is 9.47 Å². The Labute approximate surface area is 202 Å². The minimum atomic E-state index is -0.702. The third-order valence-electron chi connectivity index (χ3n) is 5.12. The van der Waals surface area contributed by atoms with Gasteiger partial charge in [0.1, 0.15) is 16.9 Å². The average molecular weight is 525 g/mol. The van der Waals surface area contributed by atoms with Gasteiger partial charge in [0.15, 0.2) is 5.49 Å². The number of benzene rings is 1. The second kappa shape index (κ2) is 10.1. The van der Waals surface area contributed by atoms with Crippen LogP contribution in [0.2, 0.25) is 0 Å². The molecule has 4 aromatic rings. The van der Waals surface area contributed by atoms with Gasteiger partial charge in [0.25, 0.3) is 11.5 Å². The summed E-state index contributed by atoms with van der Waals surface area (Å²) in [6.07, 6.45) is 1.60. The zero-order valence-electron chi connectivity index (χ0n) is 18.5. The summed E-state index contributed by atoms with van der Waals surface area (Å²) in [4.78, 5) is 48.2. The van der Waals surface area contributed by atoms with Crippen LogP contribution in [0.5, 0.6) is 0 Å². The highest BCUT2D eigenvalue weighted by Gasteiger charge is 2.20. The third-order valence-corrected chi connectivity index (χ3v) is 5.81. The van der Waals surface area contributed by atoms with Gasteiger partial charge in [-0.15, -0.1) is 0 Å². The molecule has 1 aromatic carbocycles.